The van der Waals surface area contributed by atoms with E-state index < -0.39 is 11.7 Å². The van der Waals surface area contributed by atoms with Gasteiger partial charge in [-0.25, -0.2) is 0 Å². The van der Waals surface area contributed by atoms with Crippen LogP contribution in [0.25, 0.3) is 10.9 Å². The maximum Gasteiger partial charge on any atom is 0.416 e. The summed E-state index contributed by atoms with van der Waals surface area (Å²) in [6.45, 7) is 4.71. The highest BCUT2D eigenvalue weighted by atomic mass is 19.4. The van der Waals surface area contributed by atoms with Gasteiger partial charge in [0, 0.05) is 11.6 Å². The van der Waals surface area contributed by atoms with E-state index in [2.05, 4.69) is 18.8 Å². The molecule has 2 nitrogen and oxygen atoms in total. The number of alkyl halides is 3. The Bertz CT molecular complexity index is 593. The van der Waals surface area contributed by atoms with Gasteiger partial charge in [-0.15, -0.1) is 0 Å². The van der Waals surface area contributed by atoms with Gasteiger partial charge in [0.2, 0.25) is 0 Å². The number of halogens is 3. The SMILES string of the molecule is CC(C)CCOc1ccnc2cc(C(F)(F)F)ccc12. The Morgan fingerprint density at radius 2 is 1.95 bits per heavy atom. The summed E-state index contributed by atoms with van der Waals surface area (Å²) < 4.78 is 43.6. The molecule has 0 saturated carbocycles. The van der Waals surface area contributed by atoms with Crippen LogP contribution in [0.2, 0.25) is 0 Å². The van der Waals surface area contributed by atoms with E-state index >= 15 is 0 Å². The number of hydrogen-bond donors (Lipinski definition) is 0. The van der Waals surface area contributed by atoms with Crippen LogP contribution in [0.15, 0.2) is 30.5 Å². The number of ether oxygens (including phenoxy) is 1. The zero-order valence-corrected chi connectivity index (χ0v) is 11.4. The minimum atomic E-state index is -4.36. The zero-order valence-electron chi connectivity index (χ0n) is 11.4. The van der Waals surface area contributed by atoms with Crippen molar-refractivity contribution < 1.29 is 17.9 Å². The Morgan fingerprint density at radius 1 is 1.20 bits per heavy atom. The maximum atomic E-state index is 12.6. The number of benzene rings is 1. The first-order valence-corrected chi connectivity index (χ1v) is 6.46. The van der Waals surface area contributed by atoms with Crippen LogP contribution in [0.4, 0.5) is 13.2 Å². The molecule has 20 heavy (non-hydrogen) atoms. The van der Waals surface area contributed by atoms with Gasteiger partial charge in [0.05, 0.1) is 17.7 Å². The van der Waals surface area contributed by atoms with E-state index in [1.807, 2.05) is 0 Å². The van der Waals surface area contributed by atoms with Gasteiger partial charge >= 0.3 is 6.18 Å². The van der Waals surface area contributed by atoms with Gasteiger partial charge < -0.3 is 4.74 Å². The lowest BCUT2D eigenvalue weighted by atomic mass is 10.1. The average Bonchev–Trinajstić information content (AvgIpc) is 2.37. The molecule has 108 valence electrons. The Kier molecular flexibility index (Phi) is 4.16. The number of pyridine rings is 1. The van der Waals surface area contributed by atoms with Crippen LogP contribution in [0.3, 0.4) is 0 Å². The van der Waals surface area contributed by atoms with Crippen LogP contribution in [0.1, 0.15) is 25.8 Å². The molecule has 1 aromatic heterocycles. The van der Waals surface area contributed by atoms with Gasteiger partial charge in [-0.05, 0) is 36.6 Å². The predicted octanol–water partition coefficient (Wildman–Crippen LogP) is 4.68. The van der Waals surface area contributed by atoms with E-state index in [-0.39, 0.29) is 0 Å². The molecule has 1 aromatic carbocycles. The summed E-state index contributed by atoms with van der Waals surface area (Å²) in [4.78, 5) is 3.98. The van der Waals surface area contributed by atoms with E-state index in [4.69, 9.17) is 4.74 Å². The Balaban J connectivity index is 2.29. The average molecular weight is 283 g/mol. The van der Waals surface area contributed by atoms with Crippen molar-refractivity contribution in [2.45, 2.75) is 26.4 Å². The van der Waals surface area contributed by atoms with Crippen molar-refractivity contribution in [3.8, 4) is 5.75 Å². The summed E-state index contributed by atoms with van der Waals surface area (Å²) in [6.07, 6.45) is -2.00. The molecule has 0 aliphatic heterocycles. The first kappa shape index (κ1) is 14.6. The fraction of sp³-hybridized carbons (Fsp3) is 0.400. The lowest BCUT2D eigenvalue weighted by Gasteiger charge is -2.12. The highest BCUT2D eigenvalue weighted by Gasteiger charge is 2.30. The van der Waals surface area contributed by atoms with Crippen LogP contribution in [0.5, 0.6) is 5.75 Å². The number of nitrogens with zero attached hydrogens (tertiary/aromatic N) is 1. The van der Waals surface area contributed by atoms with Crippen molar-refractivity contribution in [1.29, 1.82) is 0 Å². The molecule has 0 saturated heterocycles. The molecule has 1 heterocycles. The van der Waals surface area contributed by atoms with Gasteiger partial charge in [-0.1, -0.05) is 13.8 Å². The molecule has 2 aromatic rings. The van der Waals surface area contributed by atoms with E-state index in [0.29, 0.717) is 29.2 Å². The molecular formula is C15H16F3NO. The largest absolute Gasteiger partial charge is 0.493 e. The lowest BCUT2D eigenvalue weighted by molar-refractivity contribution is -0.137. The number of rotatable bonds is 4. The minimum Gasteiger partial charge on any atom is -0.493 e. The van der Waals surface area contributed by atoms with Gasteiger partial charge in [-0.3, -0.25) is 4.98 Å². The third kappa shape index (κ3) is 3.40. The molecular weight excluding hydrogens is 267 g/mol. The maximum absolute atomic E-state index is 12.6. The number of aromatic nitrogens is 1. The monoisotopic (exact) mass is 283 g/mol. The van der Waals surface area contributed by atoms with Gasteiger partial charge in [0.1, 0.15) is 5.75 Å². The molecule has 0 N–H and O–H groups in total. The van der Waals surface area contributed by atoms with Gasteiger partial charge in [0.15, 0.2) is 0 Å². The number of fused-ring (bicyclic) bond motifs is 1. The first-order valence-electron chi connectivity index (χ1n) is 6.46. The highest BCUT2D eigenvalue weighted by molar-refractivity contribution is 5.85. The van der Waals surface area contributed by atoms with E-state index in [1.165, 1.54) is 12.3 Å². The Morgan fingerprint density at radius 3 is 2.60 bits per heavy atom. The quantitative estimate of drug-likeness (QED) is 0.813. The molecule has 0 amide bonds. The fourth-order valence-electron chi connectivity index (χ4n) is 1.83. The predicted molar refractivity (Wildman–Crippen MR) is 71.7 cm³/mol. The van der Waals surface area contributed by atoms with E-state index in [1.54, 1.807) is 6.07 Å². The second kappa shape index (κ2) is 5.69. The summed E-state index contributed by atoms with van der Waals surface area (Å²) >= 11 is 0. The topological polar surface area (TPSA) is 22.1 Å². The Hall–Kier alpha value is -1.78. The van der Waals surface area contributed by atoms with Gasteiger partial charge in [0.25, 0.3) is 0 Å². The molecule has 2 rings (SSSR count). The van der Waals surface area contributed by atoms with Crippen molar-refractivity contribution in [1.82, 2.24) is 4.98 Å². The smallest absolute Gasteiger partial charge is 0.416 e. The fourth-order valence-corrected chi connectivity index (χ4v) is 1.83. The molecule has 0 radical (unpaired) electrons. The van der Waals surface area contributed by atoms with Crippen LogP contribution in [0, 0.1) is 5.92 Å². The van der Waals surface area contributed by atoms with E-state index in [9.17, 15) is 13.2 Å². The van der Waals surface area contributed by atoms with Crippen molar-refractivity contribution in [2.75, 3.05) is 6.61 Å². The van der Waals surface area contributed by atoms with Crippen molar-refractivity contribution >= 4 is 10.9 Å². The highest BCUT2D eigenvalue weighted by Crippen LogP contribution is 2.33. The second-order valence-corrected chi connectivity index (χ2v) is 5.07. The summed E-state index contributed by atoms with van der Waals surface area (Å²) in [5, 5.41) is 0.601. The molecule has 0 bridgehead atoms. The number of hydrogen-bond acceptors (Lipinski definition) is 2. The van der Waals surface area contributed by atoms with Crippen molar-refractivity contribution in [3.63, 3.8) is 0 Å². The second-order valence-electron chi connectivity index (χ2n) is 5.07. The molecule has 0 aliphatic rings. The lowest BCUT2D eigenvalue weighted by Crippen LogP contribution is -2.05. The van der Waals surface area contributed by atoms with Crippen LogP contribution in [-0.4, -0.2) is 11.6 Å². The van der Waals surface area contributed by atoms with E-state index in [0.717, 1.165) is 18.6 Å². The summed E-state index contributed by atoms with van der Waals surface area (Å²) in [5.74, 6) is 1.09. The van der Waals surface area contributed by atoms with Crippen LogP contribution >= 0.6 is 0 Å². The van der Waals surface area contributed by atoms with Crippen molar-refractivity contribution in [2.24, 2.45) is 5.92 Å². The normalized spacial score (nSPS) is 12.1. The van der Waals surface area contributed by atoms with Crippen LogP contribution < -0.4 is 4.74 Å². The third-order valence-electron chi connectivity index (χ3n) is 2.98. The molecule has 0 fully saturated rings. The zero-order chi connectivity index (χ0) is 14.8. The van der Waals surface area contributed by atoms with Crippen LogP contribution in [-0.2, 0) is 6.18 Å². The third-order valence-corrected chi connectivity index (χ3v) is 2.98. The summed E-state index contributed by atoms with van der Waals surface area (Å²) in [7, 11) is 0. The minimum absolute atomic E-state index is 0.293. The van der Waals surface area contributed by atoms with Crippen molar-refractivity contribution in [3.05, 3.63) is 36.0 Å². The molecule has 0 atom stereocenters. The summed E-state index contributed by atoms with van der Waals surface area (Å²) in [6, 6.07) is 5.19. The molecule has 5 heteroatoms. The molecule has 0 unspecified atom stereocenters. The molecule has 0 spiro atoms. The van der Waals surface area contributed by atoms with Gasteiger partial charge in [-0.2, -0.15) is 13.2 Å². The first-order chi connectivity index (χ1) is 9.38. The standard InChI is InChI=1S/C15H16F3NO/c1-10(2)6-8-20-14-5-7-19-13-9-11(15(16,17)18)3-4-12(13)14/h3-5,7,9-10H,6,8H2,1-2H3. The summed E-state index contributed by atoms with van der Waals surface area (Å²) in [5.41, 5.74) is -0.404. The molecule has 0 aliphatic carbocycles. The Labute approximate surface area is 115 Å².